The molecule has 0 aliphatic carbocycles. The Bertz CT molecular complexity index is 1290. The highest BCUT2D eigenvalue weighted by Crippen LogP contribution is 2.37. The first-order chi connectivity index (χ1) is 26.8. The van der Waals surface area contributed by atoms with Crippen molar-refractivity contribution in [1.82, 2.24) is 5.32 Å². The van der Waals surface area contributed by atoms with Crippen molar-refractivity contribution in [3.8, 4) is 0 Å². The van der Waals surface area contributed by atoms with Gasteiger partial charge in [0.2, 0.25) is 5.91 Å². The van der Waals surface area contributed by atoms with Gasteiger partial charge < -0.3 is 119 Å². The SMILES string of the molecule is CC(=O)NC1C(OC2C(O)C(O)OC(CO)C2O)OC(CO)C(OC2OC(C)C(O)C(O)C2O)C1OC1OC(CO)C(O)C(O)C1OC1OC(C)C(O)C(O)C1O. The van der Waals surface area contributed by atoms with E-state index < -0.39 is 179 Å². The zero-order valence-electron chi connectivity index (χ0n) is 30.9. The van der Waals surface area contributed by atoms with Crippen molar-refractivity contribution >= 4 is 5.91 Å². The van der Waals surface area contributed by atoms with Gasteiger partial charge in [-0.3, -0.25) is 4.79 Å². The number of ether oxygens (including phenoxy) is 9. The standard InChI is InChI=1S/C32H55NO24/c1-7-14(38)18(42)21(45)30(49-7)54-24-12(6-36)53-29(56-26-17(41)11(5-35)51-28(48)23(26)47)13(33-9(3)37)25(24)55-32-27(20(44)16(40)10(4-34)52-32)57-31-22(46)19(43)15(39)8(2)50-31/h7-8,10-32,34-36,38-48H,4-6H2,1-3H3,(H,33,37). The number of amides is 1. The lowest BCUT2D eigenvalue weighted by Crippen LogP contribution is -2.71. The van der Waals surface area contributed by atoms with Crippen LogP contribution in [-0.2, 0) is 47.4 Å². The molecule has 15 N–H and O–H groups in total. The van der Waals surface area contributed by atoms with E-state index >= 15 is 0 Å². The maximum Gasteiger partial charge on any atom is 0.217 e. The van der Waals surface area contributed by atoms with Gasteiger partial charge >= 0.3 is 0 Å². The second-order valence-corrected chi connectivity index (χ2v) is 14.7. The van der Waals surface area contributed by atoms with Crippen molar-refractivity contribution in [2.24, 2.45) is 0 Å². The number of aliphatic hydroxyl groups excluding tert-OH is 14. The highest BCUT2D eigenvalue weighted by atomic mass is 16.8. The molecular formula is C32H55NO24. The van der Waals surface area contributed by atoms with Crippen LogP contribution >= 0.6 is 0 Å². The minimum atomic E-state index is -2.04. The fourth-order valence-corrected chi connectivity index (χ4v) is 7.29. The fraction of sp³-hybridized carbons (Fsp3) is 0.969. The minimum Gasteiger partial charge on any atom is -0.394 e. The molecule has 5 fully saturated rings. The summed E-state index contributed by atoms with van der Waals surface area (Å²) in [6.45, 7) is 0.922. The Balaban J connectivity index is 1.56. The molecule has 25 nitrogen and oxygen atoms in total. The van der Waals surface area contributed by atoms with E-state index in [-0.39, 0.29) is 0 Å². The molecule has 5 heterocycles. The van der Waals surface area contributed by atoms with Gasteiger partial charge in [-0.05, 0) is 13.8 Å². The highest BCUT2D eigenvalue weighted by Gasteiger charge is 2.58. The molecule has 1 amide bonds. The molecule has 25 unspecified atom stereocenters. The predicted molar refractivity (Wildman–Crippen MR) is 175 cm³/mol. The smallest absolute Gasteiger partial charge is 0.217 e. The molecule has 5 saturated heterocycles. The van der Waals surface area contributed by atoms with Gasteiger partial charge in [0.15, 0.2) is 31.5 Å². The van der Waals surface area contributed by atoms with E-state index in [0.717, 1.165) is 6.92 Å². The summed E-state index contributed by atoms with van der Waals surface area (Å²) in [5.41, 5.74) is 0. The zero-order chi connectivity index (χ0) is 42.2. The maximum atomic E-state index is 12.8. The van der Waals surface area contributed by atoms with Gasteiger partial charge in [0, 0.05) is 6.92 Å². The van der Waals surface area contributed by atoms with Crippen LogP contribution in [0.1, 0.15) is 20.8 Å². The molecule has 0 aromatic heterocycles. The van der Waals surface area contributed by atoms with E-state index in [0.29, 0.717) is 0 Å². The average Bonchev–Trinajstić information content (AvgIpc) is 3.18. The van der Waals surface area contributed by atoms with Gasteiger partial charge in [-0.25, -0.2) is 0 Å². The Morgan fingerprint density at radius 3 is 1.42 bits per heavy atom. The van der Waals surface area contributed by atoms with Crippen LogP contribution in [0.15, 0.2) is 0 Å². The second-order valence-electron chi connectivity index (χ2n) is 14.7. The summed E-state index contributed by atoms with van der Waals surface area (Å²) < 4.78 is 51.9. The number of hydrogen-bond acceptors (Lipinski definition) is 24. The van der Waals surface area contributed by atoms with Crippen LogP contribution in [0, 0.1) is 0 Å². The van der Waals surface area contributed by atoms with Gasteiger partial charge in [-0.15, -0.1) is 0 Å². The van der Waals surface area contributed by atoms with Crippen molar-refractivity contribution in [3.63, 3.8) is 0 Å². The number of rotatable bonds is 12. The fourth-order valence-electron chi connectivity index (χ4n) is 7.29. The molecule has 0 radical (unpaired) electrons. The van der Waals surface area contributed by atoms with Crippen molar-refractivity contribution in [2.75, 3.05) is 19.8 Å². The van der Waals surface area contributed by atoms with Gasteiger partial charge in [0.1, 0.15) is 110 Å². The quantitative estimate of drug-likeness (QED) is 0.0867. The lowest BCUT2D eigenvalue weighted by molar-refractivity contribution is -0.397. The summed E-state index contributed by atoms with van der Waals surface area (Å²) in [5, 5.41) is 150. The van der Waals surface area contributed by atoms with E-state index in [9.17, 15) is 76.3 Å². The van der Waals surface area contributed by atoms with Crippen molar-refractivity contribution in [3.05, 3.63) is 0 Å². The number of aliphatic hydroxyl groups is 14. The largest absolute Gasteiger partial charge is 0.394 e. The van der Waals surface area contributed by atoms with Crippen LogP contribution < -0.4 is 5.32 Å². The van der Waals surface area contributed by atoms with Crippen molar-refractivity contribution in [2.45, 2.75) is 174 Å². The first kappa shape index (κ1) is 46.6. The van der Waals surface area contributed by atoms with Gasteiger partial charge in [0.25, 0.3) is 0 Å². The first-order valence-electron chi connectivity index (χ1n) is 18.3. The number of hydrogen-bond donors (Lipinski definition) is 15. The Labute approximate surface area is 324 Å². The van der Waals surface area contributed by atoms with Crippen LogP contribution in [0.2, 0.25) is 0 Å². The average molecular weight is 838 g/mol. The molecule has 0 spiro atoms. The zero-order valence-corrected chi connectivity index (χ0v) is 30.9. The van der Waals surface area contributed by atoms with E-state index in [1.165, 1.54) is 13.8 Å². The van der Waals surface area contributed by atoms with E-state index in [1.54, 1.807) is 0 Å². The number of carbonyl (C=O) groups excluding carboxylic acids is 1. The van der Waals surface area contributed by atoms with Crippen LogP contribution in [0.5, 0.6) is 0 Å². The predicted octanol–water partition coefficient (Wildman–Crippen LogP) is -9.73. The third kappa shape index (κ3) is 9.71. The summed E-state index contributed by atoms with van der Waals surface area (Å²) in [4.78, 5) is 12.8. The van der Waals surface area contributed by atoms with Crippen LogP contribution in [0.4, 0.5) is 0 Å². The third-order valence-corrected chi connectivity index (χ3v) is 10.6. The Morgan fingerprint density at radius 1 is 0.456 bits per heavy atom. The Kier molecular flexibility index (Phi) is 16.0. The monoisotopic (exact) mass is 837 g/mol. The van der Waals surface area contributed by atoms with Crippen LogP contribution in [-0.4, -0.2) is 251 Å². The topological polar surface area (TPSA) is 395 Å². The van der Waals surface area contributed by atoms with Crippen molar-refractivity contribution in [1.29, 1.82) is 0 Å². The molecule has 5 rings (SSSR count). The summed E-state index contributed by atoms with van der Waals surface area (Å²) in [5.74, 6) is -0.823. The molecule has 25 heteroatoms. The maximum absolute atomic E-state index is 12.8. The minimum absolute atomic E-state index is 0.823. The molecule has 25 atom stereocenters. The Hall–Kier alpha value is -1.45. The summed E-state index contributed by atoms with van der Waals surface area (Å²) in [6.07, 6.45) is -42.6. The molecule has 57 heavy (non-hydrogen) atoms. The molecule has 332 valence electrons. The van der Waals surface area contributed by atoms with Crippen LogP contribution in [0.25, 0.3) is 0 Å². The Morgan fingerprint density at radius 2 is 0.912 bits per heavy atom. The number of carbonyl (C=O) groups is 1. The molecule has 0 saturated carbocycles. The molecule has 0 bridgehead atoms. The van der Waals surface area contributed by atoms with E-state index in [1.807, 2.05) is 0 Å². The third-order valence-electron chi connectivity index (χ3n) is 10.6. The molecule has 0 aromatic rings. The van der Waals surface area contributed by atoms with Gasteiger partial charge in [0.05, 0.1) is 32.0 Å². The lowest BCUT2D eigenvalue weighted by Gasteiger charge is -2.52. The molecular weight excluding hydrogens is 782 g/mol. The van der Waals surface area contributed by atoms with E-state index in [4.69, 9.17) is 42.6 Å². The first-order valence-corrected chi connectivity index (χ1v) is 18.3. The second kappa shape index (κ2) is 19.5. The molecule has 5 aliphatic heterocycles. The molecule has 5 aliphatic rings. The highest BCUT2D eigenvalue weighted by molar-refractivity contribution is 5.73. The lowest BCUT2D eigenvalue weighted by atomic mass is 9.93. The summed E-state index contributed by atoms with van der Waals surface area (Å²) >= 11 is 0. The van der Waals surface area contributed by atoms with Gasteiger partial charge in [-0.2, -0.15) is 0 Å². The van der Waals surface area contributed by atoms with E-state index in [2.05, 4.69) is 5.32 Å². The summed E-state index contributed by atoms with van der Waals surface area (Å²) in [7, 11) is 0. The van der Waals surface area contributed by atoms with Gasteiger partial charge in [-0.1, -0.05) is 0 Å². The summed E-state index contributed by atoms with van der Waals surface area (Å²) in [6, 6.07) is -1.73. The van der Waals surface area contributed by atoms with Crippen molar-refractivity contribution < 1.29 is 119 Å². The number of nitrogens with one attached hydrogen (secondary N) is 1. The molecule has 0 aromatic carbocycles. The normalized spacial score (nSPS) is 52.3. The van der Waals surface area contributed by atoms with Crippen LogP contribution in [0.3, 0.4) is 0 Å².